The predicted molar refractivity (Wildman–Crippen MR) is 63.9 cm³/mol. The summed E-state index contributed by atoms with van der Waals surface area (Å²) in [5.41, 5.74) is 8.37. The molecule has 0 amide bonds. The first-order chi connectivity index (χ1) is 7.47. The third kappa shape index (κ3) is 2.80. The number of aryl methyl sites for hydroxylation is 2. The fraction of sp³-hybridized carbons (Fsp3) is 0.538. The van der Waals surface area contributed by atoms with Crippen molar-refractivity contribution in [2.75, 3.05) is 6.61 Å². The molecule has 0 aliphatic rings. The van der Waals surface area contributed by atoms with Crippen LogP contribution in [0, 0.1) is 19.7 Å². The van der Waals surface area contributed by atoms with E-state index in [0.717, 1.165) is 11.1 Å². The molecule has 0 radical (unpaired) electrons. The average Bonchev–Trinajstić information content (AvgIpc) is 2.16. The first-order valence-corrected chi connectivity index (χ1v) is 5.61. The molecule has 0 bridgehead atoms. The molecule has 0 aliphatic carbocycles. The van der Waals surface area contributed by atoms with Crippen molar-refractivity contribution >= 4 is 0 Å². The molecule has 0 aliphatic heterocycles. The topological polar surface area (TPSA) is 35.2 Å². The maximum absolute atomic E-state index is 13.8. The summed E-state index contributed by atoms with van der Waals surface area (Å²) in [7, 11) is 0. The van der Waals surface area contributed by atoms with Crippen LogP contribution >= 0.6 is 0 Å². The van der Waals surface area contributed by atoms with E-state index in [-0.39, 0.29) is 11.9 Å². The average molecular weight is 225 g/mol. The van der Waals surface area contributed by atoms with E-state index >= 15 is 0 Å². The van der Waals surface area contributed by atoms with Crippen molar-refractivity contribution in [3.8, 4) is 0 Å². The smallest absolute Gasteiger partial charge is 0.128 e. The van der Waals surface area contributed by atoms with Gasteiger partial charge in [0.25, 0.3) is 0 Å². The van der Waals surface area contributed by atoms with Gasteiger partial charge in [0.05, 0.1) is 12.1 Å². The summed E-state index contributed by atoms with van der Waals surface area (Å²) in [4.78, 5) is 0. The van der Waals surface area contributed by atoms with Crippen LogP contribution in [0.4, 0.5) is 4.39 Å². The van der Waals surface area contributed by atoms with Crippen molar-refractivity contribution in [3.05, 3.63) is 34.6 Å². The largest absolute Gasteiger partial charge is 0.377 e. The van der Waals surface area contributed by atoms with Crippen molar-refractivity contribution in [1.82, 2.24) is 0 Å². The molecular formula is C13H20FNO. The number of nitrogens with two attached hydrogens (primary N) is 1. The molecule has 2 unspecified atom stereocenters. The van der Waals surface area contributed by atoms with E-state index in [2.05, 4.69) is 0 Å². The van der Waals surface area contributed by atoms with Gasteiger partial charge in [-0.05, 0) is 44.9 Å². The Balaban J connectivity index is 3.03. The summed E-state index contributed by atoms with van der Waals surface area (Å²) in [6.45, 7) is 8.11. The van der Waals surface area contributed by atoms with Crippen LogP contribution < -0.4 is 5.73 Å². The minimum absolute atomic E-state index is 0.180. The highest BCUT2D eigenvalue weighted by molar-refractivity contribution is 5.34. The van der Waals surface area contributed by atoms with Gasteiger partial charge < -0.3 is 10.5 Å². The molecule has 0 saturated heterocycles. The maximum atomic E-state index is 13.8. The summed E-state index contributed by atoms with van der Waals surface area (Å²) in [5.74, 6) is -0.239. The Morgan fingerprint density at radius 2 is 2.00 bits per heavy atom. The molecule has 3 heteroatoms. The zero-order valence-corrected chi connectivity index (χ0v) is 10.4. The van der Waals surface area contributed by atoms with E-state index in [1.807, 2.05) is 33.8 Å². The molecule has 0 fully saturated rings. The highest BCUT2D eigenvalue weighted by Gasteiger charge is 2.20. The minimum atomic E-state index is -0.416. The Bertz CT molecular complexity index is 342. The van der Waals surface area contributed by atoms with E-state index in [0.29, 0.717) is 12.2 Å². The molecule has 2 nitrogen and oxygen atoms in total. The summed E-state index contributed by atoms with van der Waals surface area (Å²) in [6.07, 6.45) is -0.180. The second-order valence-electron chi connectivity index (χ2n) is 4.16. The standard InChI is InChI=1S/C13H20FNO/c1-5-16-10(4)13(15)12-9(3)6-8(2)7-11(12)14/h6-7,10,13H,5,15H2,1-4H3. The van der Waals surface area contributed by atoms with Gasteiger partial charge in [0, 0.05) is 12.2 Å². The van der Waals surface area contributed by atoms with E-state index in [1.54, 1.807) is 0 Å². The van der Waals surface area contributed by atoms with Crippen molar-refractivity contribution in [1.29, 1.82) is 0 Å². The molecule has 1 aromatic rings. The molecular weight excluding hydrogens is 205 g/mol. The highest BCUT2D eigenvalue weighted by Crippen LogP contribution is 2.24. The predicted octanol–water partition coefficient (Wildman–Crippen LogP) is 2.87. The van der Waals surface area contributed by atoms with Crippen LogP contribution in [0.1, 0.15) is 36.6 Å². The van der Waals surface area contributed by atoms with Crippen molar-refractivity contribution < 1.29 is 9.13 Å². The number of hydrogen-bond acceptors (Lipinski definition) is 2. The van der Waals surface area contributed by atoms with Gasteiger partial charge in [-0.2, -0.15) is 0 Å². The van der Waals surface area contributed by atoms with Gasteiger partial charge in [-0.15, -0.1) is 0 Å². The van der Waals surface area contributed by atoms with Crippen LogP contribution in [0.5, 0.6) is 0 Å². The van der Waals surface area contributed by atoms with Gasteiger partial charge in [-0.25, -0.2) is 4.39 Å². The van der Waals surface area contributed by atoms with E-state index in [4.69, 9.17) is 10.5 Å². The number of halogens is 1. The summed E-state index contributed by atoms with van der Waals surface area (Å²) in [5, 5.41) is 0. The molecule has 0 aromatic heterocycles. The molecule has 2 N–H and O–H groups in total. The van der Waals surface area contributed by atoms with E-state index < -0.39 is 6.04 Å². The minimum Gasteiger partial charge on any atom is -0.377 e. The van der Waals surface area contributed by atoms with Crippen molar-refractivity contribution in [2.45, 2.75) is 39.8 Å². The van der Waals surface area contributed by atoms with Crippen LogP contribution in [0.3, 0.4) is 0 Å². The Kier molecular flexibility index (Phi) is 4.44. The summed E-state index contributed by atoms with van der Waals surface area (Å²) >= 11 is 0. The fourth-order valence-corrected chi connectivity index (χ4v) is 1.95. The molecule has 0 heterocycles. The van der Waals surface area contributed by atoms with Gasteiger partial charge in [0.15, 0.2) is 0 Å². The number of hydrogen-bond donors (Lipinski definition) is 1. The van der Waals surface area contributed by atoms with Crippen LogP contribution in [0.2, 0.25) is 0 Å². The molecule has 1 aromatic carbocycles. The number of rotatable bonds is 4. The van der Waals surface area contributed by atoms with Gasteiger partial charge in [-0.3, -0.25) is 0 Å². The lowest BCUT2D eigenvalue weighted by Gasteiger charge is -2.22. The Morgan fingerprint density at radius 1 is 1.38 bits per heavy atom. The lowest BCUT2D eigenvalue weighted by Crippen LogP contribution is -2.28. The number of benzene rings is 1. The second kappa shape index (κ2) is 5.41. The van der Waals surface area contributed by atoms with Crippen LogP contribution in [0.25, 0.3) is 0 Å². The van der Waals surface area contributed by atoms with Gasteiger partial charge in [-0.1, -0.05) is 6.07 Å². The molecule has 0 spiro atoms. The molecule has 90 valence electrons. The molecule has 1 rings (SSSR count). The zero-order valence-electron chi connectivity index (χ0n) is 10.4. The van der Waals surface area contributed by atoms with Crippen molar-refractivity contribution in [3.63, 3.8) is 0 Å². The lowest BCUT2D eigenvalue weighted by atomic mass is 9.96. The van der Waals surface area contributed by atoms with Gasteiger partial charge in [0.1, 0.15) is 5.82 Å². The zero-order chi connectivity index (χ0) is 12.3. The van der Waals surface area contributed by atoms with Gasteiger partial charge in [0.2, 0.25) is 0 Å². The fourth-order valence-electron chi connectivity index (χ4n) is 1.95. The molecule has 2 atom stereocenters. The maximum Gasteiger partial charge on any atom is 0.128 e. The second-order valence-corrected chi connectivity index (χ2v) is 4.16. The third-order valence-electron chi connectivity index (χ3n) is 2.75. The summed E-state index contributed by atoms with van der Waals surface area (Å²) in [6, 6.07) is 3.04. The Labute approximate surface area is 96.6 Å². The van der Waals surface area contributed by atoms with E-state index in [9.17, 15) is 4.39 Å². The highest BCUT2D eigenvalue weighted by atomic mass is 19.1. The monoisotopic (exact) mass is 225 g/mol. The number of ether oxygens (including phenoxy) is 1. The Morgan fingerprint density at radius 3 is 2.50 bits per heavy atom. The first kappa shape index (κ1) is 13.1. The van der Waals surface area contributed by atoms with Crippen LogP contribution in [-0.2, 0) is 4.74 Å². The van der Waals surface area contributed by atoms with Crippen LogP contribution in [0.15, 0.2) is 12.1 Å². The quantitative estimate of drug-likeness (QED) is 0.855. The van der Waals surface area contributed by atoms with E-state index in [1.165, 1.54) is 6.07 Å². The lowest BCUT2D eigenvalue weighted by molar-refractivity contribution is 0.0564. The van der Waals surface area contributed by atoms with Gasteiger partial charge >= 0.3 is 0 Å². The first-order valence-electron chi connectivity index (χ1n) is 5.61. The van der Waals surface area contributed by atoms with Crippen molar-refractivity contribution in [2.24, 2.45) is 5.73 Å². The normalized spacial score (nSPS) is 14.9. The SMILES string of the molecule is CCOC(C)C(N)c1c(C)cc(C)cc1F. The van der Waals surface area contributed by atoms with Crippen LogP contribution in [-0.4, -0.2) is 12.7 Å². The molecule has 16 heavy (non-hydrogen) atoms. The third-order valence-corrected chi connectivity index (χ3v) is 2.75. The molecule has 0 saturated carbocycles. The Hall–Kier alpha value is -0.930. The summed E-state index contributed by atoms with van der Waals surface area (Å²) < 4.78 is 19.2.